The summed E-state index contributed by atoms with van der Waals surface area (Å²) in [4.78, 5) is 10.5. The first-order chi connectivity index (χ1) is 11.6. The fraction of sp³-hybridized carbons (Fsp3) is 0.263. The number of nitro benzene ring substituents is 1. The van der Waals surface area contributed by atoms with E-state index in [2.05, 4.69) is 23.5 Å². The van der Waals surface area contributed by atoms with Crippen LogP contribution in [0.5, 0.6) is 0 Å². The first-order valence-electron chi connectivity index (χ1n) is 8.03. The molecule has 0 spiro atoms. The van der Waals surface area contributed by atoms with Gasteiger partial charge in [-0.25, -0.2) is 0 Å². The van der Waals surface area contributed by atoms with Crippen molar-refractivity contribution in [2.45, 2.75) is 25.3 Å². The zero-order valence-electron chi connectivity index (χ0n) is 13.2. The van der Waals surface area contributed by atoms with Crippen LogP contribution in [0, 0.1) is 23.0 Å². The molecule has 2 aliphatic rings. The van der Waals surface area contributed by atoms with Crippen LogP contribution in [0.4, 0.5) is 11.4 Å². The molecule has 24 heavy (non-hydrogen) atoms. The number of hydrogen-bond acceptors (Lipinski definition) is 3. The van der Waals surface area contributed by atoms with Crippen LogP contribution in [0.2, 0.25) is 5.02 Å². The van der Waals surface area contributed by atoms with Crippen molar-refractivity contribution in [2.75, 3.05) is 5.32 Å². The van der Waals surface area contributed by atoms with Crippen LogP contribution in [-0.4, -0.2) is 4.92 Å². The number of hydrogen-bond donors (Lipinski definition) is 1. The maximum Gasteiger partial charge on any atom is 0.269 e. The third-order valence-electron chi connectivity index (χ3n) is 5.19. The quantitative estimate of drug-likeness (QED) is 0.453. The molecule has 1 heterocycles. The number of fused-ring (bicyclic) bond motifs is 3. The molecule has 0 amide bonds. The van der Waals surface area contributed by atoms with Crippen molar-refractivity contribution in [3.63, 3.8) is 0 Å². The minimum absolute atomic E-state index is 0.121. The van der Waals surface area contributed by atoms with E-state index >= 15 is 0 Å². The van der Waals surface area contributed by atoms with Crippen LogP contribution in [0.25, 0.3) is 0 Å². The fourth-order valence-electron chi connectivity index (χ4n) is 3.92. The highest BCUT2D eigenvalue weighted by Crippen LogP contribution is 2.51. The molecule has 0 bridgehead atoms. The van der Waals surface area contributed by atoms with Gasteiger partial charge in [-0.3, -0.25) is 10.1 Å². The topological polar surface area (TPSA) is 55.2 Å². The van der Waals surface area contributed by atoms with Gasteiger partial charge in [-0.15, -0.1) is 0 Å². The molecule has 1 N–H and O–H groups in total. The lowest BCUT2D eigenvalue weighted by Gasteiger charge is -2.38. The molecule has 3 unspecified atom stereocenters. The maximum atomic E-state index is 10.9. The molecule has 2 aromatic carbocycles. The van der Waals surface area contributed by atoms with E-state index in [1.165, 1.54) is 5.56 Å². The molecule has 5 heteroatoms. The summed E-state index contributed by atoms with van der Waals surface area (Å²) in [5.41, 5.74) is 4.63. The Morgan fingerprint density at radius 2 is 1.96 bits per heavy atom. The minimum Gasteiger partial charge on any atom is -0.377 e. The molecule has 0 saturated heterocycles. The Morgan fingerprint density at radius 1 is 1.21 bits per heavy atom. The van der Waals surface area contributed by atoms with Crippen LogP contribution in [0.15, 0.2) is 48.6 Å². The van der Waals surface area contributed by atoms with Gasteiger partial charge >= 0.3 is 0 Å². The third-order valence-corrected chi connectivity index (χ3v) is 5.60. The van der Waals surface area contributed by atoms with Gasteiger partial charge in [0.05, 0.1) is 11.0 Å². The summed E-state index contributed by atoms with van der Waals surface area (Å²) in [6.07, 6.45) is 5.50. The summed E-state index contributed by atoms with van der Waals surface area (Å²) >= 11 is 6.30. The first-order valence-corrected chi connectivity index (χ1v) is 8.40. The van der Waals surface area contributed by atoms with E-state index in [-0.39, 0.29) is 16.7 Å². The molecule has 0 aromatic heterocycles. The molecule has 122 valence electrons. The second-order valence-corrected chi connectivity index (χ2v) is 6.87. The number of allylic oxidation sites excluding steroid dienone is 2. The SMILES string of the molecule is Cc1c(Cl)ccc2c1NC(c1ccc([N+](=O)[O-])cc1)C1CC=CC21. The lowest BCUT2D eigenvalue weighted by Crippen LogP contribution is -2.29. The highest BCUT2D eigenvalue weighted by atomic mass is 35.5. The second kappa shape index (κ2) is 5.64. The van der Waals surface area contributed by atoms with Crippen molar-refractivity contribution < 1.29 is 4.92 Å². The molecule has 4 rings (SSSR count). The largest absolute Gasteiger partial charge is 0.377 e. The zero-order valence-corrected chi connectivity index (χ0v) is 14.0. The summed E-state index contributed by atoms with van der Waals surface area (Å²) in [7, 11) is 0. The van der Waals surface area contributed by atoms with Crippen LogP contribution >= 0.6 is 11.6 Å². The molecule has 0 fully saturated rings. The molecule has 1 aliphatic carbocycles. The minimum atomic E-state index is -0.364. The Hall–Kier alpha value is -2.33. The van der Waals surface area contributed by atoms with Crippen LogP contribution in [-0.2, 0) is 0 Å². The number of nitrogens with one attached hydrogen (secondary N) is 1. The van der Waals surface area contributed by atoms with E-state index in [4.69, 9.17) is 11.6 Å². The summed E-state index contributed by atoms with van der Waals surface area (Å²) in [5, 5.41) is 15.3. The third kappa shape index (κ3) is 2.29. The number of halogens is 1. The fourth-order valence-corrected chi connectivity index (χ4v) is 4.08. The van der Waals surface area contributed by atoms with Gasteiger partial charge in [0.2, 0.25) is 0 Å². The summed E-state index contributed by atoms with van der Waals surface area (Å²) in [6.45, 7) is 2.03. The van der Waals surface area contributed by atoms with Crippen LogP contribution in [0.3, 0.4) is 0 Å². The number of nitrogens with zero attached hydrogens (tertiary/aromatic N) is 1. The van der Waals surface area contributed by atoms with Crippen LogP contribution in [0.1, 0.15) is 35.1 Å². The predicted octanol–water partition coefficient (Wildman–Crippen LogP) is 5.38. The van der Waals surface area contributed by atoms with Gasteiger partial charge in [-0.1, -0.05) is 42.0 Å². The highest BCUT2D eigenvalue weighted by molar-refractivity contribution is 6.31. The average molecular weight is 341 g/mol. The standard InChI is InChI=1S/C19H17ClN2O2/c1-11-17(20)10-9-16-14-3-2-4-15(14)19(21-18(11)16)12-5-7-13(8-6-12)22(23)24/h2-3,5-10,14-15,19,21H,4H2,1H3. The Labute approximate surface area is 145 Å². The number of non-ortho nitro benzene ring substituents is 1. The van der Waals surface area contributed by atoms with Gasteiger partial charge in [0, 0.05) is 28.8 Å². The van der Waals surface area contributed by atoms with E-state index in [1.54, 1.807) is 12.1 Å². The van der Waals surface area contributed by atoms with Crippen molar-refractivity contribution >= 4 is 23.0 Å². The van der Waals surface area contributed by atoms with Gasteiger partial charge < -0.3 is 5.32 Å². The van der Waals surface area contributed by atoms with Crippen molar-refractivity contribution in [1.82, 2.24) is 0 Å². The summed E-state index contributed by atoms with van der Waals surface area (Å²) in [5.74, 6) is 0.775. The average Bonchev–Trinajstić information content (AvgIpc) is 3.07. The molecule has 0 radical (unpaired) electrons. The van der Waals surface area contributed by atoms with Gasteiger partial charge in [-0.2, -0.15) is 0 Å². The lowest BCUT2D eigenvalue weighted by molar-refractivity contribution is -0.384. The lowest BCUT2D eigenvalue weighted by atomic mass is 9.76. The van der Waals surface area contributed by atoms with Crippen LogP contribution < -0.4 is 5.32 Å². The molecular weight excluding hydrogens is 324 g/mol. The predicted molar refractivity (Wildman–Crippen MR) is 95.6 cm³/mol. The Balaban J connectivity index is 1.77. The smallest absolute Gasteiger partial charge is 0.269 e. The van der Waals surface area contributed by atoms with E-state index in [1.807, 2.05) is 25.1 Å². The van der Waals surface area contributed by atoms with Crippen molar-refractivity contribution in [1.29, 1.82) is 0 Å². The Bertz CT molecular complexity index is 845. The maximum absolute atomic E-state index is 10.9. The molecule has 1 aliphatic heterocycles. The van der Waals surface area contributed by atoms with Gasteiger partial charge in [-0.05, 0) is 42.0 Å². The summed E-state index contributed by atoms with van der Waals surface area (Å²) < 4.78 is 0. The van der Waals surface area contributed by atoms with E-state index in [0.29, 0.717) is 11.8 Å². The monoisotopic (exact) mass is 340 g/mol. The molecule has 2 aromatic rings. The normalized spacial score (nSPS) is 24.2. The van der Waals surface area contributed by atoms with Crippen molar-refractivity contribution in [3.05, 3.63) is 80.4 Å². The molecular formula is C19H17ClN2O2. The second-order valence-electron chi connectivity index (χ2n) is 6.46. The zero-order chi connectivity index (χ0) is 16.8. The van der Waals surface area contributed by atoms with Gasteiger partial charge in [0.25, 0.3) is 5.69 Å². The van der Waals surface area contributed by atoms with Crippen molar-refractivity contribution in [3.8, 4) is 0 Å². The molecule has 4 nitrogen and oxygen atoms in total. The highest BCUT2D eigenvalue weighted by Gasteiger charge is 2.38. The van der Waals surface area contributed by atoms with E-state index < -0.39 is 0 Å². The molecule has 3 atom stereocenters. The summed E-state index contributed by atoms with van der Waals surface area (Å²) in [6, 6.07) is 11.1. The van der Waals surface area contributed by atoms with E-state index in [0.717, 1.165) is 28.3 Å². The van der Waals surface area contributed by atoms with Crippen molar-refractivity contribution in [2.24, 2.45) is 5.92 Å². The Morgan fingerprint density at radius 3 is 2.67 bits per heavy atom. The Kier molecular flexibility index (Phi) is 3.57. The van der Waals surface area contributed by atoms with Gasteiger partial charge in [0.1, 0.15) is 0 Å². The number of rotatable bonds is 2. The van der Waals surface area contributed by atoms with E-state index in [9.17, 15) is 10.1 Å². The van der Waals surface area contributed by atoms with Gasteiger partial charge in [0.15, 0.2) is 0 Å². The number of anilines is 1. The number of benzene rings is 2. The number of nitro groups is 1. The first kappa shape index (κ1) is 15.2. The molecule has 0 saturated carbocycles.